The van der Waals surface area contributed by atoms with Crippen LogP contribution in [-0.2, 0) is 11.3 Å². The number of ether oxygens (including phenoxy) is 1. The fraction of sp³-hybridized carbons (Fsp3) is 0.125. The molecular weight excluding hydrogens is 399 g/mol. The number of benzene rings is 3. The molecule has 0 bridgehead atoms. The molecule has 0 unspecified atom stereocenters. The van der Waals surface area contributed by atoms with Crippen molar-refractivity contribution >= 4 is 34.3 Å². The predicted octanol–water partition coefficient (Wildman–Crippen LogP) is 5.57. The number of para-hydroxylation sites is 3. The number of halogens is 1. The fourth-order valence-corrected chi connectivity index (χ4v) is 4.26. The number of nitrogens with zero attached hydrogens (tertiary/aromatic N) is 1. The fourth-order valence-electron chi connectivity index (χ4n) is 3.37. The Labute approximate surface area is 178 Å². The summed E-state index contributed by atoms with van der Waals surface area (Å²) in [4.78, 5) is 13.5. The summed E-state index contributed by atoms with van der Waals surface area (Å²) in [5, 5.41) is 3.97. The summed E-state index contributed by atoms with van der Waals surface area (Å²) in [6.45, 7) is 0.562. The van der Waals surface area contributed by atoms with Gasteiger partial charge in [-0.25, -0.2) is 4.39 Å². The minimum Gasteiger partial charge on any atom is -0.495 e. The van der Waals surface area contributed by atoms with Crippen molar-refractivity contribution < 1.29 is 13.9 Å². The van der Waals surface area contributed by atoms with Crippen LogP contribution in [0.3, 0.4) is 0 Å². The molecule has 1 N–H and O–H groups in total. The van der Waals surface area contributed by atoms with E-state index in [0.717, 1.165) is 21.4 Å². The maximum atomic E-state index is 13.6. The summed E-state index contributed by atoms with van der Waals surface area (Å²) in [5.41, 5.74) is 2.59. The van der Waals surface area contributed by atoms with E-state index in [9.17, 15) is 9.18 Å². The Morgan fingerprint density at radius 1 is 1.07 bits per heavy atom. The number of carbonyl (C=O) groups excluding carboxylic acids is 1. The van der Waals surface area contributed by atoms with Gasteiger partial charge in [-0.3, -0.25) is 4.79 Å². The lowest BCUT2D eigenvalue weighted by atomic mass is 10.2. The van der Waals surface area contributed by atoms with Gasteiger partial charge in [0.05, 0.1) is 18.6 Å². The highest BCUT2D eigenvalue weighted by molar-refractivity contribution is 8.00. The van der Waals surface area contributed by atoms with Crippen molar-refractivity contribution in [2.45, 2.75) is 11.4 Å². The van der Waals surface area contributed by atoms with E-state index >= 15 is 0 Å². The van der Waals surface area contributed by atoms with Crippen LogP contribution in [-0.4, -0.2) is 23.3 Å². The number of rotatable bonds is 7. The van der Waals surface area contributed by atoms with Crippen LogP contribution in [0.1, 0.15) is 5.56 Å². The summed E-state index contributed by atoms with van der Waals surface area (Å²) in [7, 11) is 1.58. The normalized spacial score (nSPS) is 10.9. The number of fused-ring (bicyclic) bond motifs is 1. The van der Waals surface area contributed by atoms with Gasteiger partial charge in [0.2, 0.25) is 5.91 Å². The zero-order chi connectivity index (χ0) is 20.9. The molecule has 1 aromatic heterocycles. The Hall–Kier alpha value is -3.25. The minimum absolute atomic E-state index is 0.105. The van der Waals surface area contributed by atoms with Crippen molar-refractivity contribution in [1.29, 1.82) is 0 Å². The number of methoxy groups -OCH3 is 1. The molecule has 1 heterocycles. The SMILES string of the molecule is COc1ccccc1NC(=O)CSc1cn(Cc2cccc(F)c2)c2ccccc12. The van der Waals surface area contributed by atoms with Gasteiger partial charge in [0, 0.05) is 28.5 Å². The maximum Gasteiger partial charge on any atom is 0.234 e. The molecule has 0 fully saturated rings. The van der Waals surface area contributed by atoms with Gasteiger partial charge >= 0.3 is 0 Å². The molecule has 30 heavy (non-hydrogen) atoms. The van der Waals surface area contributed by atoms with Crippen molar-refractivity contribution in [2.75, 3.05) is 18.2 Å². The molecule has 152 valence electrons. The molecule has 0 aliphatic rings. The van der Waals surface area contributed by atoms with Gasteiger partial charge < -0.3 is 14.6 Å². The van der Waals surface area contributed by atoms with E-state index in [1.165, 1.54) is 17.8 Å². The molecule has 0 aliphatic heterocycles. The molecule has 1 amide bonds. The van der Waals surface area contributed by atoms with Gasteiger partial charge in [-0.1, -0.05) is 42.5 Å². The first-order valence-corrected chi connectivity index (χ1v) is 10.5. The van der Waals surface area contributed by atoms with E-state index in [4.69, 9.17) is 4.74 Å². The highest BCUT2D eigenvalue weighted by Gasteiger charge is 2.12. The second kappa shape index (κ2) is 9.05. The largest absolute Gasteiger partial charge is 0.495 e. The summed E-state index contributed by atoms with van der Waals surface area (Å²) in [5.74, 6) is 0.548. The van der Waals surface area contributed by atoms with Gasteiger partial charge in [0.15, 0.2) is 0 Å². The second-order valence-electron chi connectivity index (χ2n) is 6.81. The Balaban J connectivity index is 1.51. The van der Waals surface area contributed by atoms with Gasteiger partial charge in [-0.15, -0.1) is 11.8 Å². The first-order chi connectivity index (χ1) is 14.6. The van der Waals surface area contributed by atoms with Crippen LogP contribution in [0.4, 0.5) is 10.1 Å². The van der Waals surface area contributed by atoms with E-state index < -0.39 is 0 Å². The Bertz CT molecular complexity index is 1190. The van der Waals surface area contributed by atoms with Crippen LogP contribution in [0.2, 0.25) is 0 Å². The van der Waals surface area contributed by atoms with Crippen molar-refractivity contribution in [1.82, 2.24) is 4.57 Å². The number of hydrogen-bond acceptors (Lipinski definition) is 3. The highest BCUT2D eigenvalue weighted by Crippen LogP contribution is 2.31. The zero-order valence-electron chi connectivity index (χ0n) is 16.5. The highest BCUT2D eigenvalue weighted by atomic mass is 32.2. The summed E-state index contributed by atoms with van der Waals surface area (Å²) in [6.07, 6.45) is 2.02. The first kappa shape index (κ1) is 20.0. The molecule has 3 aromatic carbocycles. The van der Waals surface area contributed by atoms with Gasteiger partial charge in [0.25, 0.3) is 0 Å². The first-order valence-electron chi connectivity index (χ1n) is 9.52. The molecule has 0 saturated carbocycles. The number of amides is 1. The van der Waals surface area contributed by atoms with Gasteiger partial charge in [-0.05, 0) is 35.9 Å². The maximum absolute atomic E-state index is 13.6. The lowest BCUT2D eigenvalue weighted by Gasteiger charge is -2.09. The third-order valence-corrected chi connectivity index (χ3v) is 5.78. The zero-order valence-corrected chi connectivity index (χ0v) is 17.3. The number of anilines is 1. The average molecular weight is 421 g/mol. The van der Waals surface area contributed by atoms with Gasteiger partial charge in [-0.2, -0.15) is 0 Å². The van der Waals surface area contributed by atoms with Crippen molar-refractivity contribution in [3.8, 4) is 5.75 Å². The van der Waals surface area contributed by atoms with Crippen LogP contribution < -0.4 is 10.1 Å². The minimum atomic E-state index is -0.244. The van der Waals surface area contributed by atoms with E-state index in [1.807, 2.05) is 60.8 Å². The Kier molecular flexibility index (Phi) is 6.05. The van der Waals surface area contributed by atoms with Gasteiger partial charge in [0.1, 0.15) is 11.6 Å². The summed E-state index contributed by atoms with van der Waals surface area (Å²) in [6, 6.07) is 22.0. The second-order valence-corrected chi connectivity index (χ2v) is 7.82. The van der Waals surface area contributed by atoms with E-state index in [2.05, 4.69) is 9.88 Å². The third-order valence-electron chi connectivity index (χ3n) is 4.73. The molecule has 6 heteroatoms. The molecule has 4 aromatic rings. The molecule has 0 atom stereocenters. The molecule has 0 aliphatic carbocycles. The average Bonchev–Trinajstić information content (AvgIpc) is 3.10. The lowest BCUT2D eigenvalue weighted by molar-refractivity contribution is -0.113. The number of aromatic nitrogens is 1. The van der Waals surface area contributed by atoms with E-state index in [0.29, 0.717) is 18.0 Å². The van der Waals surface area contributed by atoms with Crippen LogP contribution in [0.15, 0.2) is 83.9 Å². The smallest absolute Gasteiger partial charge is 0.234 e. The van der Waals surface area contributed by atoms with Crippen molar-refractivity contribution in [3.63, 3.8) is 0 Å². The number of nitrogens with one attached hydrogen (secondary N) is 1. The molecule has 4 rings (SSSR count). The van der Waals surface area contributed by atoms with E-state index in [-0.39, 0.29) is 17.5 Å². The Morgan fingerprint density at radius 3 is 2.70 bits per heavy atom. The monoisotopic (exact) mass is 420 g/mol. The molecule has 0 saturated heterocycles. The topological polar surface area (TPSA) is 43.3 Å². The molecular formula is C24H21FN2O2S. The molecule has 0 spiro atoms. The summed E-state index contributed by atoms with van der Waals surface area (Å²) >= 11 is 1.48. The van der Waals surface area contributed by atoms with Crippen LogP contribution >= 0.6 is 11.8 Å². The van der Waals surface area contributed by atoms with Crippen LogP contribution in [0.5, 0.6) is 5.75 Å². The summed E-state index contributed by atoms with van der Waals surface area (Å²) < 4.78 is 20.9. The van der Waals surface area contributed by atoms with Crippen molar-refractivity contribution in [3.05, 3.63) is 90.4 Å². The number of hydrogen-bond donors (Lipinski definition) is 1. The van der Waals surface area contributed by atoms with Crippen molar-refractivity contribution in [2.24, 2.45) is 0 Å². The standard InChI is InChI=1S/C24H21FN2O2S/c1-29-22-12-5-3-10-20(22)26-24(28)16-30-23-15-27(21-11-4-2-9-19(21)23)14-17-7-6-8-18(25)13-17/h2-13,15H,14,16H2,1H3,(H,26,28). The van der Waals surface area contributed by atoms with Crippen LogP contribution in [0, 0.1) is 5.82 Å². The number of carbonyl (C=O) groups is 1. The molecule has 4 nitrogen and oxygen atoms in total. The third kappa shape index (κ3) is 4.49. The molecule has 0 radical (unpaired) electrons. The Morgan fingerprint density at radius 2 is 1.87 bits per heavy atom. The predicted molar refractivity (Wildman–Crippen MR) is 120 cm³/mol. The lowest BCUT2D eigenvalue weighted by Crippen LogP contribution is -2.14. The quantitative estimate of drug-likeness (QED) is 0.398. The number of thioether (sulfide) groups is 1. The van der Waals surface area contributed by atoms with E-state index in [1.54, 1.807) is 19.2 Å². The van der Waals surface area contributed by atoms with Crippen LogP contribution in [0.25, 0.3) is 10.9 Å².